The molecule has 0 bridgehead atoms. The third-order valence-corrected chi connectivity index (χ3v) is 7.50. The molecule has 1 N–H and O–H groups in total. The average molecular weight is 410 g/mol. The van der Waals surface area contributed by atoms with E-state index in [2.05, 4.69) is 15.1 Å². The summed E-state index contributed by atoms with van der Waals surface area (Å²) in [6.45, 7) is 4.21. The Bertz CT molecular complexity index is 683. The molecule has 0 unspecified atom stereocenters. The van der Waals surface area contributed by atoms with Crippen molar-refractivity contribution in [1.29, 1.82) is 0 Å². The highest BCUT2D eigenvalue weighted by atomic mass is 32.1. The lowest BCUT2D eigenvalue weighted by atomic mass is 9.96. The van der Waals surface area contributed by atoms with Gasteiger partial charge in [-0.1, -0.05) is 43.4 Å². The maximum Gasteiger partial charge on any atom is 0.225 e. The molecule has 0 spiro atoms. The SMILES string of the molecule is O=C(C1CCCC1)N1CCN(Cn2nc(NC3CCCCC3)sc2=S)CC1. The average Bonchev–Trinajstić information content (AvgIpc) is 3.33. The second kappa shape index (κ2) is 9.01. The molecule has 1 amide bonds. The highest BCUT2D eigenvalue weighted by molar-refractivity contribution is 7.73. The first-order chi connectivity index (χ1) is 13.2. The molecule has 1 aromatic heterocycles. The predicted molar refractivity (Wildman–Crippen MR) is 112 cm³/mol. The minimum Gasteiger partial charge on any atom is -0.357 e. The number of aromatic nitrogens is 2. The lowest BCUT2D eigenvalue weighted by Crippen LogP contribution is -2.50. The molecule has 0 atom stereocenters. The van der Waals surface area contributed by atoms with Crippen molar-refractivity contribution < 1.29 is 4.79 Å². The molecule has 0 radical (unpaired) electrons. The minimum atomic E-state index is 0.289. The van der Waals surface area contributed by atoms with Crippen molar-refractivity contribution in [2.24, 2.45) is 5.92 Å². The van der Waals surface area contributed by atoms with Crippen LogP contribution in [0.4, 0.5) is 5.13 Å². The van der Waals surface area contributed by atoms with Crippen LogP contribution in [0, 0.1) is 9.87 Å². The molecule has 1 aliphatic heterocycles. The summed E-state index contributed by atoms with van der Waals surface area (Å²) in [6.07, 6.45) is 11.1. The monoisotopic (exact) mass is 409 g/mol. The number of amides is 1. The van der Waals surface area contributed by atoms with Crippen molar-refractivity contribution >= 4 is 34.6 Å². The zero-order valence-corrected chi connectivity index (χ0v) is 17.7. The maximum absolute atomic E-state index is 12.6. The third kappa shape index (κ3) is 4.90. The number of rotatable bonds is 5. The van der Waals surface area contributed by atoms with E-state index in [9.17, 15) is 4.79 Å². The van der Waals surface area contributed by atoms with Gasteiger partial charge in [-0.2, -0.15) is 0 Å². The van der Waals surface area contributed by atoms with Gasteiger partial charge < -0.3 is 10.2 Å². The highest BCUT2D eigenvalue weighted by Crippen LogP contribution is 2.27. The molecule has 150 valence electrons. The number of piperazine rings is 1. The normalized spacial score (nSPS) is 23.0. The van der Waals surface area contributed by atoms with Crippen molar-refractivity contribution in [1.82, 2.24) is 19.6 Å². The van der Waals surface area contributed by atoms with Gasteiger partial charge in [0.15, 0.2) is 3.95 Å². The molecule has 3 aliphatic rings. The summed E-state index contributed by atoms with van der Waals surface area (Å²) < 4.78 is 2.78. The zero-order valence-electron chi connectivity index (χ0n) is 16.1. The fraction of sp³-hybridized carbons (Fsp3) is 0.842. The Balaban J connectivity index is 1.27. The van der Waals surface area contributed by atoms with E-state index in [1.807, 2.05) is 4.68 Å². The van der Waals surface area contributed by atoms with E-state index in [4.69, 9.17) is 17.3 Å². The fourth-order valence-corrected chi connectivity index (χ4v) is 5.68. The van der Waals surface area contributed by atoms with Gasteiger partial charge in [0.1, 0.15) is 0 Å². The van der Waals surface area contributed by atoms with Gasteiger partial charge in [-0.15, -0.1) is 5.10 Å². The lowest BCUT2D eigenvalue weighted by Gasteiger charge is -2.35. The van der Waals surface area contributed by atoms with Crippen LogP contribution < -0.4 is 5.32 Å². The molecule has 0 aromatic carbocycles. The first-order valence-electron chi connectivity index (χ1n) is 10.5. The van der Waals surface area contributed by atoms with E-state index < -0.39 is 0 Å². The highest BCUT2D eigenvalue weighted by Gasteiger charge is 2.29. The predicted octanol–water partition coefficient (Wildman–Crippen LogP) is 3.71. The van der Waals surface area contributed by atoms with Crippen LogP contribution >= 0.6 is 23.6 Å². The quantitative estimate of drug-likeness (QED) is 0.752. The van der Waals surface area contributed by atoms with Gasteiger partial charge in [0.05, 0.1) is 6.67 Å². The molecule has 6 nitrogen and oxygen atoms in total. The van der Waals surface area contributed by atoms with Gasteiger partial charge in [0, 0.05) is 38.1 Å². The molecule has 1 aromatic rings. The molecule has 3 fully saturated rings. The third-order valence-electron chi connectivity index (χ3n) is 6.26. The number of hydrogen-bond donors (Lipinski definition) is 1. The van der Waals surface area contributed by atoms with Crippen LogP contribution in [0.3, 0.4) is 0 Å². The number of nitrogens with one attached hydrogen (secondary N) is 1. The summed E-state index contributed by atoms with van der Waals surface area (Å²) in [7, 11) is 0. The Morgan fingerprint density at radius 2 is 1.70 bits per heavy atom. The van der Waals surface area contributed by atoms with Crippen molar-refractivity contribution in [2.45, 2.75) is 70.5 Å². The zero-order chi connectivity index (χ0) is 18.6. The number of anilines is 1. The first kappa shape index (κ1) is 19.3. The molecular formula is C19H31N5OS2. The minimum absolute atomic E-state index is 0.289. The topological polar surface area (TPSA) is 53.4 Å². The Kier molecular flexibility index (Phi) is 6.45. The summed E-state index contributed by atoms with van der Waals surface area (Å²) in [5, 5.41) is 9.25. The number of carbonyl (C=O) groups is 1. The van der Waals surface area contributed by atoms with Crippen LogP contribution in [0.1, 0.15) is 57.8 Å². The summed E-state index contributed by atoms with van der Waals surface area (Å²) in [5.74, 6) is 0.675. The lowest BCUT2D eigenvalue weighted by molar-refractivity contribution is -0.137. The van der Waals surface area contributed by atoms with Crippen molar-refractivity contribution in [3.05, 3.63) is 3.95 Å². The number of hydrogen-bond acceptors (Lipinski definition) is 6. The van der Waals surface area contributed by atoms with E-state index >= 15 is 0 Å². The first-order valence-corrected chi connectivity index (χ1v) is 11.8. The van der Waals surface area contributed by atoms with E-state index in [1.165, 1.54) is 44.9 Å². The molecule has 27 heavy (non-hydrogen) atoms. The summed E-state index contributed by atoms with van der Waals surface area (Å²) in [4.78, 5) is 17.0. The fourth-order valence-electron chi connectivity index (χ4n) is 4.61. The van der Waals surface area contributed by atoms with Crippen LogP contribution in [-0.4, -0.2) is 57.7 Å². The van der Waals surface area contributed by atoms with Crippen LogP contribution in [0.2, 0.25) is 0 Å². The molecule has 2 heterocycles. The Labute approximate surface area is 170 Å². The molecule has 1 saturated heterocycles. The van der Waals surface area contributed by atoms with Gasteiger partial charge in [-0.05, 0) is 37.9 Å². The van der Waals surface area contributed by atoms with Crippen molar-refractivity contribution in [3.63, 3.8) is 0 Å². The van der Waals surface area contributed by atoms with Gasteiger partial charge >= 0.3 is 0 Å². The second-order valence-electron chi connectivity index (χ2n) is 8.22. The van der Waals surface area contributed by atoms with Gasteiger partial charge in [-0.3, -0.25) is 9.69 Å². The smallest absolute Gasteiger partial charge is 0.225 e. The van der Waals surface area contributed by atoms with Crippen LogP contribution in [0.15, 0.2) is 0 Å². The number of nitrogens with zero attached hydrogens (tertiary/aromatic N) is 4. The largest absolute Gasteiger partial charge is 0.357 e. The standard InChI is InChI=1S/C19H31N5OS2/c25-17(15-6-4-5-7-15)23-12-10-22(11-13-23)14-24-19(26)27-18(21-24)20-16-8-2-1-3-9-16/h15-16H,1-14H2,(H,20,21). The maximum atomic E-state index is 12.6. The Morgan fingerprint density at radius 1 is 1.04 bits per heavy atom. The Hall–Kier alpha value is -0.990. The van der Waals surface area contributed by atoms with Gasteiger partial charge in [0.25, 0.3) is 0 Å². The van der Waals surface area contributed by atoms with E-state index in [-0.39, 0.29) is 5.92 Å². The molecule has 2 saturated carbocycles. The van der Waals surface area contributed by atoms with E-state index in [1.54, 1.807) is 11.3 Å². The van der Waals surface area contributed by atoms with Crippen LogP contribution in [-0.2, 0) is 11.5 Å². The van der Waals surface area contributed by atoms with E-state index in [0.717, 1.165) is 54.8 Å². The summed E-state index contributed by atoms with van der Waals surface area (Å²) in [6, 6.07) is 0.554. The number of carbonyl (C=O) groups excluding carboxylic acids is 1. The van der Waals surface area contributed by atoms with Gasteiger partial charge in [0.2, 0.25) is 11.0 Å². The Morgan fingerprint density at radius 3 is 2.41 bits per heavy atom. The molecule has 2 aliphatic carbocycles. The van der Waals surface area contributed by atoms with Gasteiger partial charge in [-0.25, -0.2) is 4.68 Å². The summed E-state index contributed by atoms with van der Waals surface area (Å²) >= 11 is 7.12. The second-order valence-corrected chi connectivity index (χ2v) is 9.84. The molecule has 8 heteroatoms. The van der Waals surface area contributed by atoms with E-state index in [0.29, 0.717) is 11.9 Å². The van der Waals surface area contributed by atoms with Crippen molar-refractivity contribution in [2.75, 3.05) is 31.5 Å². The molecular weight excluding hydrogens is 378 g/mol. The van der Waals surface area contributed by atoms with Crippen LogP contribution in [0.5, 0.6) is 0 Å². The van der Waals surface area contributed by atoms with Crippen molar-refractivity contribution in [3.8, 4) is 0 Å². The summed E-state index contributed by atoms with van der Waals surface area (Å²) in [5.41, 5.74) is 0. The molecule has 4 rings (SSSR count). The van der Waals surface area contributed by atoms with Crippen LogP contribution in [0.25, 0.3) is 0 Å².